The molecule has 0 aliphatic heterocycles. The molecule has 2 nitrogen and oxygen atoms in total. The first kappa shape index (κ1) is 15.1. The Morgan fingerprint density at radius 2 is 2.05 bits per heavy atom. The van der Waals surface area contributed by atoms with Crippen LogP contribution in [-0.4, -0.2) is 17.8 Å². The normalized spacial score (nSPS) is 22.5. The molecule has 5 heteroatoms. The lowest BCUT2D eigenvalue weighted by molar-refractivity contribution is 0.0945. The summed E-state index contributed by atoms with van der Waals surface area (Å²) < 4.78 is 0. The summed E-state index contributed by atoms with van der Waals surface area (Å²) in [5.41, 5.74) is 0.486. The van der Waals surface area contributed by atoms with Gasteiger partial charge in [0.05, 0.1) is 10.6 Å². The number of nitrogens with one attached hydrogen (secondary N) is 1. The second-order valence-corrected chi connectivity index (χ2v) is 6.43. The molecule has 1 amide bonds. The summed E-state index contributed by atoms with van der Waals surface area (Å²) in [5, 5.41) is 4.92. The van der Waals surface area contributed by atoms with Crippen LogP contribution in [0.3, 0.4) is 0 Å². The molecule has 1 fully saturated rings. The zero-order valence-electron chi connectivity index (χ0n) is 10.5. The van der Waals surface area contributed by atoms with Gasteiger partial charge in [-0.05, 0) is 42.9 Å². The highest BCUT2D eigenvalue weighted by Crippen LogP contribution is 2.32. The molecular formula is C14H16BrCl2NO. The molecule has 0 saturated heterocycles. The lowest BCUT2D eigenvalue weighted by Gasteiger charge is -2.18. The molecule has 0 heterocycles. The van der Waals surface area contributed by atoms with E-state index in [0.717, 1.165) is 5.33 Å². The third kappa shape index (κ3) is 3.87. The fourth-order valence-electron chi connectivity index (χ4n) is 2.58. The van der Waals surface area contributed by atoms with E-state index in [1.807, 2.05) is 0 Å². The fourth-order valence-corrected chi connectivity index (χ4v) is 3.92. The van der Waals surface area contributed by atoms with Crippen molar-refractivity contribution in [3.63, 3.8) is 0 Å². The molecule has 0 bridgehead atoms. The van der Waals surface area contributed by atoms with Crippen molar-refractivity contribution >= 4 is 45.0 Å². The van der Waals surface area contributed by atoms with Crippen molar-refractivity contribution in [3.8, 4) is 0 Å². The summed E-state index contributed by atoms with van der Waals surface area (Å²) in [5.74, 6) is 1.11. The van der Waals surface area contributed by atoms with Gasteiger partial charge < -0.3 is 5.32 Å². The van der Waals surface area contributed by atoms with Crippen molar-refractivity contribution in [3.05, 3.63) is 33.8 Å². The molecule has 0 radical (unpaired) electrons. The van der Waals surface area contributed by atoms with E-state index in [4.69, 9.17) is 23.2 Å². The number of carbonyl (C=O) groups excluding carboxylic acids is 1. The van der Waals surface area contributed by atoms with Gasteiger partial charge in [-0.2, -0.15) is 0 Å². The van der Waals surface area contributed by atoms with Gasteiger partial charge >= 0.3 is 0 Å². The Morgan fingerprint density at radius 3 is 2.74 bits per heavy atom. The highest BCUT2D eigenvalue weighted by Gasteiger charge is 2.26. The minimum Gasteiger partial charge on any atom is -0.352 e. The highest BCUT2D eigenvalue weighted by atomic mass is 79.9. The van der Waals surface area contributed by atoms with Gasteiger partial charge in [-0.15, -0.1) is 0 Å². The first-order valence-corrected chi connectivity index (χ1v) is 8.28. The summed E-state index contributed by atoms with van der Waals surface area (Å²) in [6.07, 6.45) is 3.68. The van der Waals surface area contributed by atoms with Crippen LogP contribution in [0.15, 0.2) is 18.2 Å². The number of amides is 1. The van der Waals surface area contributed by atoms with E-state index in [1.54, 1.807) is 18.2 Å². The molecule has 2 rings (SSSR count). The van der Waals surface area contributed by atoms with Crippen molar-refractivity contribution in [2.75, 3.05) is 11.9 Å². The lowest BCUT2D eigenvalue weighted by atomic mass is 9.98. The topological polar surface area (TPSA) is 29.1 Å². The summed E-state index contributed by atoms with van der Waals surface area (Å²) in [6, 6.07) is 4.94. The smallest absolute Gasteiger partial charge is 0.252 e. The molecule has 0 spiro atoms. The number of hydrogen-bond donors (Lipinski definition) is 1. The second kappa shape index (κ2) is 6.96. The maximum absolute atomic E-state index is 12.1. The maximum atomic E-state index is 12.1. The Hall–Kier alpha value is -0.250. The Kier molecular flexibility index (Phi) is 5.55. The maximum Gasteiger partial charge on any atom is 0.252 e. The third-order valence-electron chi connectivity index (χ3n) is 3.72. The van der Waals surface area contributed by atoms with Crippen molar-refractivity contribution < 1.29 is 4.79 Å². The standard InChI is InChI=1S/C14H16BrCl2NO/c15-7-9-2-1-3-10(9)8-18-14(19)12-5-4-11(16)6-13(12)17/h4-6,9-10H,1-3,7-8H2,(H,18,19). The van der Waals surface area contributed by atoms with Gasteiger partial charge in [-0.25, -0.2) is 0 Å². The highest BCUT2D eigenvalue weighted by molar-refractivity contribution is 9.09. The molecule has 104 valence electrons. The van der Waals surface area contributed by atoms with Gasteiger partial charge in [0.25, 0.3) is 5.91 Å². The van der Waals surface area contributed by atoms with E-state index in [-0.39, 0.29) is 5.91 Å². The number of halogens is 3. The van der Waals surface area contributed by atoms with Crippen LogP contribution in [0, 0.1) is 11.8 Å². The average molecular weight is 365 g/mol. The van der Waals surface area contributed by atoms with E-state index in [2.05, 4.69) is 21.2 Å². The van der Waals surface area contributed by atoms with Gasteiger partial charge in [-0.1, -0.05) is 45.6 Å². The van der Waals surface area contributed by atoms with Crippen LogP contribution in [0.1, 0.15) is 29.6 Å². The van der Waals surface area contributed by atoms with E-state index in [1.165, 1.54) is 19.3 Å². The van der Waals surface area contributed by atoms with Gasteiger partial charge in [0.2, 0.25) is 0 Å². The zero-order valence-corrected chi connectivity index (χ0v) is 13.6. The predicted octanol–water partition coefficient (Wildman–Crippen LogP) is 4.53. The molecule has 2 unspecified atom stereocenters. The molecule has 1 saturated carbocycles. The Balaban J connectivity index is 1.94. The van der Waals surface area contributed by atoms with Gasteiger partial charge in [-0.3, -0.25) is 4.79 Å². The Bertz CT molecular complexity index is 467. The predicted molar refractivity (Wildman–Crippen MR) is 83.4 cm³/mol. The molecule has 1 aliphatic carbocycles. The number of carbonyl (C=O) groups is 1. The number of rotatable bonds is 4. The van der Waals surface area contributed by atoms with Gasteiger partial charge in [0.15, 0.2) is 0 Å². The van der Waals surface area contributed by atoms with Crippen LogP contribution in [0.5, 0.6) is 0 Å². The number of hydrogen-bond acceptors (Lipinski definition) is 1. The average Bonchev–Trinajstić information content (AvgIpc) is 2.83. The lowest BCUT2D eigenvalue weighted by Crippen LogP contribution is -2.31. The van der Waals surface area contributed by atoms with Crippen molar-refractivity contribution in [1.82, 2.24) is 5.32 Å². The largest absolute Gasteiger partial charge is 0.352 e. The van der Waals surface area contributed by atoms with Crippen LogP contribution in [0.4, 0.5) is 0 Å². The molecule has 1 N–H and O–H groups in total. The van der Waals surface area contributed by atoms with Crippen LogP contribution in [0.2, 0.25) is 10.0 Å². The first-order chi connectivity index (χ1) is 9.11. The molecule has 19 heavy (non-hydrogen) atoms. The third-order valence-corrected chi connectivity index (χ3v) is 5.09. The number of benzene rings is 1. The minimum absolute atomic E-state index is 0.123. The van der Waals surface area contributed by atoms with E-state index >= 15 is 0 Å². The Labute approximate surface area is 132 Å². The molecule has 1 aromatic rings. The monoisotopic (exact) mass is 363 g/mol. The minimum atomic E-state index is -0.123. The first-order valence-electron chi connectivity index (χ1n) is 6.41. The van der Waals surface area contributed by atoms with Crippen molar-refractivity contribution in [2.24, 2.45) is 11.8 Å². The van der Waals surface area contributed by atoms with E-state index in [9.17, 15) is 4.79 Å². The molecular weight excluding hydrogens is 349 g/mol. The Morgan fingerprint density at radius 1 is 1.32 bits per heavy atom. The van der Waals surface area contributed by atoms with Crippen LogP contribution < -0.4 is 5.32 Å². The summed E-state index contributed by atoms with van der Waals surface area (Å²) in [4.78, 5) is 12.1. The SMILES string of the molecule is O=C(NCC1CCCC1CBr)c1ccc(Cl)cc1Cl. The number of alkyl halides is 1. The van der Waals surface area contributed by atoms with Crippen LogP contribution >= 0.6 is 39.1 Å². The van der Waals surface area contributed by atoms with Crippen LogP contribution in [0.25, 0.3) is 0 Å². The fraction of sp³-hybridized carbons (Fsp3) is 0.500. The molecule has 1 aliphatic rings. The van der Waals surface area contributed by atoms with Gasteiger partial charge in [0.1, 0.15) is 0 Å². The van der Waals surface area contributed by atoms with Crippen molar-refractivity contribution in [2.45, 2.75) is 19.3 Å². The van der Waals surface area contributed by atoms with E-state index < -0.39 is 0 Å². The van der Waals surface area contributed by atoms with Gasteiger partial charge in [0, 0.05) is 16.9 Å². The van der Waals surface area contributed by atoms with Crippen LogP contribution in [-0.2, 0) is 0 Å². The van der Waals surface area contributed by atoms with E-state index in [0.29, 0.717) is 34.0 Å². The molecule has 2 atom stereocenters. The second-order valence-electron chi connectivity index (χ2n) is 4.94. The quantitative estimate of drug-likeness (QED) is 0.781. The summed E-state index contributed by atoms with van der Waals surface area (Å²) in [6.45, 7) is 0.716. The summed E-state index contributed by atoms with van der Waals surface area (Å²) in [7, 11) is 0. The summed E-state index contributed by atoms with van der Waals surface area (Å²) >= 11 is 15.4. The molecule has 1 aromatic carbocycles. The molecule has 0 aromatic heterocycles. The van der Waals surface area contributed by atoms with Crippen molar-refractivity contribution in [1.29, 1.82) is 0 Å². The zero-order chi connectivity index (χ0) is 13.8.